The van der Waals surface area contributed by atoms with E-state index >= 15 is 0 Å². The lowest BCUT2D eigenvalue weighted by Crippen LogP contribution is -2.35. The number of nitrogens with one attached hydrogen (secondary N) is 1. The Balaban J connectivity index is 2.14. The summed E-state index contributed by atoms with van der Waals surface area (Å²) in [6.45, 7) is 3.97. The van der Waals surface area contributed by atoms with Crippen molar-refractivity contribution >= 4 is 22.0 Å². The highest BCUT2D eigenvalue weighted by Crippen LogP contribution is 2.19. The quantitative estimate of drug-likeness (QED) is 0.780. The van der Waals surface area contributed by atoms with E-state index in [1.54, 1.807) is 0 Å². The Hall–Kier alpha value is -1.93. The molecule has 0 bridgehead atoms. The minimum Gasteiger partial charge on any atom is -0.326 e. The first kappa shape index (κ1) is 16.4. The average molecular weight is 325 g/mol. The fourth-order valence-corrected chi connectivity index (χ4v) is 2.79. The highest BCUT2D eigenvalue weighted by atomic mass is 32.2. The van der Waals surface area contributed by atoms with Gasteiger partial charge in [0.15, 0.2) is 0 Å². The summed E-state index contributed by atoms with van der Waals surface area (Å²) in [4.78, 5) is 25.3. The van der Waals surface area contributed by atoms with E-state index < -0.39 is 22.1 Å². The van der Waals surface area contributed by atoms with Crippen molar-refractivity contribution in [2.75, 3.05) is 0 Å². The van der Waals surface area contributed by atoms with Gasteiger partial charge in [-0.15, -0.1) is 0 Å². The molecule has 22 heavy (non-hydrogen) atoms. The minimum absolute atomic E-state index is 0.00840. The molecule has 1 aromatic rings. The number of rotatable bonds is 5. The molecule has 0 unspecified atom stereocenters. The van der Waals surface area contributed by atoms with Crippen molar-refractivity contribution in [2.24, 2.45) is 11.1 Å². The number of sulfonamides is 1. The molecule has 1 saturated heterocycles. The smallest absolute Gasteiger partial charge is 0.325 e. The number of primary sulfonamides is 1. The van der Waals surface area contributed by atoms with E-state index in [-0.39, 0.29) is 23.3 Å². The zero-order chi connectivity index (χ0) is 16.5. The summed E-state index contributed by atoms with van der Waals surface area (Å²) < 4.78 is 22.4. The number of carbonyl (C=O) groups excluding carboxylic acids is 2. The normalized spacial score (nSPS) is 20.1. The predicted molar refractivity (Wildman–Crippen MR) is 80.1 cm³/mol. The van der Waals surface area contributed by atoms with E-state index in [0.717, 1.165) is 11.3 Å². The molecule has 1 aliphatic rings. The van der Waals surface area contributed by atoms with E-state index in [4.69, 9.17) is 5.14 Å². The third kappa shape index (κ3) is 3.28. The van der Waals surface area contributed by atoms with Gasteiger partial charge < -0.3 is 5.32 Å². The van der Waals surface area contributed by atoms with Crippen LogP contribution < -0.4 is 10.5 Å². The first-order valence-electron chi connectivity index (χ1n) is 6.97. The van der Waals surface area contributed by atoms with E-state index in [1.807, 2.05) is 13.8 Å². The number of hydrogen-bond acceptors (Lipinski definition) is 4. The molecule has 0 spiro atoms. The van der Waals surface area contributed by atoms with Crippen LogP contribution in [0.25, 0.3) is 0 Å². The molecule has 0 saturated carbocycles. The van der Waals surface area contributed by atoms with Crippen LogP contribution in [0.4, 0.5) is 4.79 Å². The molecule has 1 aliphatic heterocycles. The van der Waals surface area contributed by atoms with E-state index in [0.29, 0.717) is 5.56 Å². The van der Waals surface area contributed by atoms with E-state index in [2.05, 4.69) is 5.32 Å². The van der Waals surface area contributed by atoms with Crippen molar-refractivity contribution in [3.63, 3.8) is 0 Å². The highest BCUT2D eigenvalue weighted by Gasteiger charge is 2.40. The van der Waals surface area contributed by atoms with Crippen LogP contribution in [0, 0.1) is 5.92 Å². The van der Waals surface area contributed by atoms with E-state index in [1.165, 1.54) is 24.3 Å². The predicted octanol–water partition coefficient (Wildman–Crippen LogP) is 0.801. The van der Waals surface area contributed by atoms with Crippen LogP contribution in [0.2, 0.25) is 0 Å². The van der Waals surface area contributed by atoms with Gasteiger partial charge in [0.1, 0.15) is 6.04 Å². The molecular formula is C14H19N3O4S. The molecule has 1 fully saturated rings. The van der Waals surface area contributed by atoms with Crippen molar-refractivity contribution in [1.29, 1.82) is 0 Å². The van der Waals surface area contributed by atoms with Crippen molar-refractivity contribution in [3.05, 3.63) is 29.8 Å². The molecule has 8 heteroatoms. The van der Waals surface area contributed by atoms with Crippen LogP contribution >= 0.6 is 0 Å². The molecule has 3 N–H and O–H groups in total. The third-order valence-electron chi connectivity index (χ3n) is 3.86. The first-order chi connectivity index (χ1) is 10.2. The number of nitrogens with zero attached hydrogens (tertiary/aromatic N) is 1. The van der Waals surface area contributed by atoms with Crippen LogP contribution in [0.1, 0.15) is 25.8 Å². The maximum absolute atomic E-state index is 12.3. The second-order valence-corrected chi connectivity index (χ2v) is 6.99. The average Bonchev–Trinajstić information content (AvgIpc) is 2.74. The fourth-order valence-electron chi connectivity index (χ4n) is 2.28. The molecule has 7 nitrogen and oxygen atoms in total. The molecule has 120 valence electrons. The molecule has 2 rings (SSSR count). The number of nitrogens with two attached hydrogens (primary N) is 1. The molecular weight excluding hydrogens is 306 g/mol. The number of urea groups is 1. The van der Waals surface area contributed by atoms with Gasteiger partial charge in [-0.3, -0.25) is 9.69 Å². The topological polar surface area (TPSA) is 110 Å². The maximum atomic E-state index is 12.3. The number of benzene rings is 1. The molecule has 1 heterocycles. The van der Waals surface area contributed by atoms with Gasteiger partial charge in [0, 0.05) is 0 Å². The van der Waals surface area contributed by atoms with Crippen LogP contribution in [0.15, 0.2) is 29.2 Å². The second-order valence-electron chi connectivity index (χ2n) is 5.43. The third-order valence-corrected chi connectivity index (χ3v) is 4.79. The minimum atomic E-state index is -3.75. The Morgan fingerprint density at radius 1 is 1.27 bits per heavy atom. The summed E-state index contributed by atoms with van der Waals surface area (Å²) >= 11 is 0. The van der Waals surface area contributed by atoms with Crippen molar-refractivity contribution in [3.8, 4) is 0 Å². The van der Waals surface area contributed by atoms with Crippen molar-refractivity contribution in [2.45, 2.75) is 37.8 Å². The largest absolute Gasteiger partial charge is 0.326 e. The standard InChI is InChI=1S/C14H19N3O4S/c1-3-9(2)12-13(18)17(14(19)16-12)8-10-4-6-11(7-5-10)22(15,20)21/h4-7,9,12H,3,8H2,1-2H3,(H,16,19)(H2,15,20,21)/t9-,12-/m0/s1. The van der Waals surface area contributed by atoms with Crippen LogP contribution in [0.3, 0.4) is 0 Å². The lowest BCUT2D eigenvalue weighted by molar-refractivity contribution is -0.128. The SMILES string of the molecule is CC[C@H](C)[C@@H]1NC(=O)N(Cc2ccc(S(N)(=O)=O)cc2)C1=O. The first-order valence-corrected chi connectivity index (χ1v) is 8.52. The number of imide groups is 1. The number of amides is 3. The number of hydrogen-bond donors (Lipinski definition) is 2. The summed E-state index contributed by atoms with van der Waals surface area (Å²) in [5.74, 6) is -0.193. The lowest BCUT2D eigenvalue weighted by Gasteiger charge is -2.16. The summed E-state index contributed by atoms with van der Waals surface area (Å²) in [7, 11) is -3.75. The Bertz CT molecular complexity index is 685. The van der Waals surface area contributed by atoms with Gasteiger partial charge in [-0.25, -0.2) is 18.4 Å². The molecule has 1 aromatic carbocycles. The Morgan fingerprint density at radius 2 is 1.86 bits per heavy atom. The second kappa shape index (κ2) is 6.05. The Labute approximate surface area is 129 Å². The molecule has 2 atom stereocenters. The zero-order valence-electron chi connectivity index (χ0n) is 12.4. The van der Waals surface area contributed by atoms with Gasteiger partial charge in [0.05, 0.1) is 11.4 Å². The molecule has 0 aromatic heterocycles. The molecule has 3 amide bonds. The lowest BCUT2D eigenvalue weighted by atomic mass is 9.99. The van der Waals surface area contributed by atoms with Gasteiger partial charge >= 0.3 is 6.03 Å². The van der Waals surface area contributed by atoms with Gasteiger partial charge in [0.2, 0.25) is 10.0 Å². The van der Waals surface area contributed by atoms with Crippen molar-refractivity contribution < 1.29 is 18.0 Å². The highest BCUT2D eigenvalue weighted by molar-refractivity contribution is 7.89. The monoisotopic (exact) mass is 325 g/mol. The zero-order valence-corrected chi connectivity index (χ0v) is 13.3. The van der Waals surface area contributed by atoms with E-state index in [9.17, 15) is 18.0 Å². The summed E-state index contributed by atoms with van der Waals surface area (Å²) in [5.41, 5.74) is 0.653. The molecule has 0 aliphatic carbocycles. The van der Waals surface area contributed by atoms with Crippen LogP contribution in [-0.2, 0) is 21.4 Å². The van der Waals surface area contributed by atoms with Gasteiger partial charge in [-0.05, 0) is 23.6 Å². The van der Waals surface area contributed by atoms with Crippen LogP contribution in [-0.4, -0.2) is 31.3 Å². The fraction of sp³-hybridized carbons (Fsp3) is 0.429. The van der Waals surface area contributed by atoms with Gasteiger partial charge in [-0.2, -0.15) is 0 Å². The summed E-state index contributed by atoms with van der Waals surface area (Å²) in [5, 5.41) is 7.71. The van der Waals surface area contributed by atoms with Crippen LogP contribution in [0.5, 0.6) is 0 Å². The maximum Gasteiger partial charge on any atom is 0.325 e. The van der Waals surface area contributed by atoms with Crippen molar-refractivity contribution in [1.82, 2.24) is 10.2 Å². The Morgan fingerprint density at radius 3 is 2.36 bits per heavy atom. The molecule has 0 radical (unpaired) electrons. The van der Waals surface area contributed by atoms with Gasteiger partial charge in [-0.1, -0.05) is 32.4 Å². The summed E-state index contributed by atoms with van der Waals surface area (Å²) in [6, 6.07) is 4.87. The van der Waals surface area contributed by atoms with Gasteiger partial charge in [0.25, 0.3) is 5.91 Å². The number of carbonyl (C=O) groups is 2. The Kier molecular flexibility index (Phi) is 4.52. The summed E-state index contributed by atoms with van der Waals surface area (Å²) in [6.07, 6.45) is 0.785.